The summed E-state index contributed by atoms with van der Waals surface area (Å²) < 4.78 is 27.3. The second-order valence-corrected chi connectivity index (χ2v) is 8.13. The molecule has 96 valence electrons. The highest BCUT2D eigenvalue weighted by Crippen LogP contribution is 2.26. The third kappa shape index (κ3) is 3.87. The first-order valence-electron chi connectivity index (χ1n) is 5.13. The Labute approximate surface area is 114 Å². The van der Waals surface area contributed by atoms with Crippen molar-refractivity contribution in [2.75, 3.05) is 0 Å². The molecule has 0 aliphatic carbocycles. The number of nitrogens with one attached hydrogen (secondary N) is 1. The number of hydrogen-bond donors (Lipinski definition) is 1. The van der Waals surface area contributed by atoms with E-state index in [1.54, 1.807) is 6.07 Å². The number of carbonyl (C=O) groups excluding carboxylic acids is 1. The summed E-state index contributed by atoms with van der Waals surface area (Å²) in [6.07, 6.45) is 1.38. The van der Waals surface area contributed by atoms with Gasteiger partial charge in [-0.05, 0) is 34.0 Å². The Morgan fingerprint density at radius 1 is 1.53 bits per heavy atom. The van der Waals surface area contributed by atoms with Gasteiger partial charge in [-0.2, -0.15) is 4.72 Å². The van der Waals surface area contributed by atoms with Gasteiger partial charge in [-0.25, -0.2) is 8.42 Å². The molecule has 7 heteroatoms. The van der Waals surface area contributed by atoms with Crippen LogP contribution in [0.2, 0.25) is 0 Å². The van der Waals surface area contributed by atoms with Gasteiger partial charge in [0.05, 0.1) is 9.83 Å². The minimum absolute atomic E-state index is 0.0225. The first kappa shape index (κ1) is 14.8. The molecule has 0 aromatic carbocycles. The number of hydrogen-bond acceptors (Lipinski definition) is 4. The number of halogens is 1. The summed E-state index contributed by atoms with van der Waals surface area (Å²) in [5, 5.41) is 0. The van der Waals surface area contributed by atoms with Gasteiger partial charge in [-0.15, -0.1) is 11.3 Å². The Bertz CT molecular complexity index is 483. The molecule has 0 unspecified atom stereocenters. The third-order valence-corrected chi connectivity index (χ3v) is 6.08. The molecule has 0 aliphatic heterocycles. The van der Waals surface area contributed by atoms with Crippen LogP contribution in [0.5, 0.6) is 0 Å². The van der Waals surface area contributed by atoms with E-state index in [0.29, 0.717) is 6.29 Å². The molecule has 1 aromatic rings. The summed E-state index contributed by atoms with van der Waals surface area (Å²) in [6.45, 7) is 3.75. The largest absolute Gasteiger partial charge is 0.302 e. The van der Waals surface area contributed by atoms with Crippen molar-refractivity contribution in [1.82, 2.24) is 4.72 Å². The second-order valence-electron chi connectivity index (χ2n) is 3.73. The molecule has 0 amide bonds. The lowest BCUT2D eigenvalue weighted by molar-refractivity contribution is -0.110. The lowest BCUT2D eigenvalue weighted by Gasteiger charge is -2.17. The van der Waals surface area contributed by atoms with E-state index in [1.165, 1.54) is 6.07 Å². The predicted molar refractivity (Wildman–Crippen MR) is 71.6 cm³/mol. The van der Waals surface area contributed by atoms with Gasteiger partial charge >= 0.3 is 0 Å². The lowest BCUT2D eigenvalue weighted by atomic mass is 10.0. The molecule has 0 spiro atoms. The molecule has 0 aliphatic rings. The number of sulfonamides is 1. The Hall–Kier alpha value is -0.240. The summed E-state index contributed by atoms with van der Waals surface area (Å²) in [4.78, 5) is 10.9. The zero-order chi connectivity index (χ0) is 13.1. The van der Waals surface area contributed by atoms with E-state index in [-0.39, 0.29) is 10.1 Å². The van der Waals surface area contributed by atoms with E-state index < -0.39 is 16.1 Å². The van der Waals surface area contributed by atoms with E-state index in [0.717, 1.165) is 21.5 Å². The molecule has 4 nitrogen and oxygen atoms in total. The Balaban J connectivity index is 2.89. The smallest absolute Gasteiger partial charge is 0.250 e. The standard InChI is InChI=1S/C10H14BrNO3S2/c1-3-7(2)8(6-13)12-17(14,15)10-5-4-9(11)16-10/h4-8,12H,3H2,1-2H3/t7-,8+/m0/s1. The van der Waals surface area contributed by atoms with Gasteiger partial charge in [0, 0.05) is 0 Å². The van der Waals surface area contributed by atoms with Crippen LogP contribution in [0.25, 0.3) is 0 Å². The molecule has 2 atom stereocenters. The van der Waals surface area contributed by atoms with Crippen LogP contribution in [-0.4, -0.2) is 20.7 Å². The van der Waals surface area contributed by atoms with E-state index in [2.05, 4.69) is 20.7 Å². The summed E-state index contributed by atoms with van der Waals surface area (Å²) in [5.74, 6) is -0.0225. The fourth-order valence-electron chi connectivity index (χ4n) is 1.21. The predicted octanol–water partition coefficient (Wildman–Crippen LogP) is 2.40. The van der Waals surface area contributed by atoms with E-state index >= 15 is 0 Å². The highest BCUT2D eigenvalue weighted by molar-refractivity contribution is 9.11. The molecule has 1 heterocycles. The van der Waals surface area contributed by atoms with Crippen molar-refractivity contribution in [3.8, 4) is 0 Å². The number of aldehydes is 1. The minimum atomic E-state index is -3.60. The zero-order valence-electron chi connectivity index (χ0n) is 9.51. The number of thiophene rings is 1. The fourth-order valence-corrected chi connectivity index (χ4v) is 4.51. The van der Waals surface area contributed by atoms with Crippen molar-refractivity contribution in [3.63, 3.8) is 0 Å². The van der Waals surface area contributed by atoms with Crippen molar-refractivity contribution in [2.24, 2.45) is 5.92 Å². The SMILES string of the molecule is CC[C@H](C)[C@@H](C=O)NS(=O)(=O)c1ccc(Br)s1. The minimum Gasteiger partial charge on any atom is -0.302 e. The summed E-state index contributed by atoms with van der Waals surface area (Å²) in [6, 6.07) is 2.50. The molecular weight excluding hydrogens is 326 g/mol. The van der Waals surface area contributed by atoms with Gasteiger partial charge in [0.15, 0.2) is 0 Å². The quantitative estimate of drug-likeness (QED) is 0.809. The molecule has 17 heavy (non-hydrogen) atoms. The average Bonchev–Trinajstić information content (AvgIpc) is 2.72. The molecule has 1 aromatic heterocycles. The van der Waals surface area contributed by atoms with Gasteiger partial charge in [-0.3, -0.25) is 0 Å². The first-order valence-corrected chi connectivity index (χ1v) is 8.23. The molecule has 0 saturated carbocycles. The van der Waals surface area contributed by atoms with Crippen LogP contribution in [0.4, 0.5) is 0 Å². The first-order chi connectivity index (χ1) is 7.90. The van der Waals surface area contributed by atoms with Crippen LogP contribution in [0.15, 0.2) is 20.1 Å². The van der Waals surface area contributed by atoms with Crippen LogP contribution < -0.4 is 4.72 Å². The van der Waals surface area contributed by atoms with Crippen LogP contribution in [-0.2, 0) is 14.8 Å². The fraction of sp³-hybridized carbons (Fsp3) is 0.500. The molecule has 1 N–H and O–H groups in total. The van der Waals surface area contributed by atoms with Crippen molar-refractivity contribution in [3.05, 3.63) is 15.9 Å². The molecular formula is C10H14BrNO3S2. The topological polar surface area (TPSA) is 63.2 Å². The molecule has 0 radical (unpaired) electrons. The maximum atomic E-state index is 12.0. The Morgan fingerprint density at radius 3 is 2.59 bits per heavy atom. The Kier molecular flexibility index (Phi) is 5.30. The highest BCUT2D eigenvalue weighted by Gasteiger charge is 2.24. The highest BCUT2D eigenvalue weighted by atomic mass is 79.9. The van der Waals surface area contributed by atoms with E-state index in [9.17, 15) is 13.2 Å². The van der Waals surface area contributed by atoms with Gasteiger partial charge in [0.25, 0.3) is 10.0 Å². The van der Waals surface area contributed by atoms with Crippen molar-refractivity contribution in [2.45, 2.75) is 30.5 Å². The molecule has 0 fully saturated rings. The van der Waals surface area contributed by atoms with Gasteiger partial charge in [0.2, 0.25) is 0 Å². The van der Waals surface area contributed by atoms with Crippen LogP contribution in [0.1, 0.15) is 20.3 Å². The van der Waals surface area contributed by atoms with E-state index in [4.69, 9.17) is 0 Å². The zero-order valence-corrected chi connectivity index (χ0v) is 12.7. The Morgan fingerprint density at radius 2 is 2.18 bits per heavy atom. The van der Waals surface area contributed by atoms with Crippen molar-refractivity contribution in [1.29, 1.82) is 0 Å². The maximum absolute atomic E-state index is 12.0. The van der Waals surface area contributed by atoms with Gasteiger partial charge < -0.3 is 4.79 Å². The summed E-state index contributed by atoms with van der Waals surface area (Å²) in [7, 11) is -3.60. The number of rotatable bonds is 6. The molecule has 0 bridgehead atoms. The second kappa shape index (κ2) is 6.08. The van der Waals surface area contributed by atoms with Gasteiger partial charge in [-0.1, -0.05) is 20.3 Å². The lowest BCUT2D eigenvalue weighted by Crippen LogP contribution is -2.40. The van der Waals surface area contributed by atoms with Crippen LogP contribution in [0.3, 0.4) is 0 Å². The number of carbonyl (C=O) groups is 1. The maximum Gasteiger partial charge on any atom is 0.250 e. The van der Waals surface area contributed by atoms with Crippen molar-refractivity contribution >= 4 is 43.6 Å². The van der Waals surface area contributed by atoms with Gasteiger partial charge in [0.1, 0.15) is 10.5 Å². The summed E-state index contributed by atoms with van der Waals surface area (Å²) >= 11 is 4.32. The molecule has 1 rings (SSSR count). The molecule has 0 saturated heterocycles. The normalized spacial score (nSPS) is 15.5. The summed E-state index contributed by atoms with van der Waals surface area (Å²) in [5.41, 5.74) is 0. The average molecular weight is 340 g/mol. The van der Waals surface area contributed by atoms with Crippen molar-refractivity contribution < 1.29 is 13.2 Å². The van der Waals surface area contributed by atoms with Crippen LogP contribution in [0, 0.1) is 5.92 Å². The van der Waals surface area contributed by atoms with Crippen LogP contribution >= 0.6 is 27.3 Å². The van der Waals surface area contributed by atoms with E-state index in [1.807, 2.05) is 13.8 Å². The third-order valence-electron chi connectivity index (χ3n) is 2.51. The monoisotopic (exact) mass is 339 g/mol.